The molecule has 0 aromatic rings. The lowest BCUT2D eigenvalue weighted by molar-refractivity contribution is -0.138. The van der Waals surface area contributed by atoms with E-state index in [1.54, 1.807) is 0 Å². The summed E-state index contributed by atoms with van der Waals surface area (Å²) in [7, 11) is 0. The Hall–Kier alpha value is -1.32. The molecule has 0 fully saturated rings. The fourth-order valence-electron chi connectivity index (χ4n) is 4.42. The molecule has 0 aliphatic carbocycles. The van der Waals surface area contributed by atoms with Crippen LogP contribution in [0.3, 0.4) is 0 Å². The maximum absolute atomic E-state index is 11.2. The first-order chi connectivity index (χ1) is 16.7. The van der Waals surface area contributed by atoms with Crippen LogP contribution < -0.4 is 0 Å². The molecular weight excluding hydrogens is 424 g/mol. The topological polar surface area (TPSA) is 63.6 Å². The quantitative estimate of drug-likeness (QED) is 0.0722. The number of carbonyl (C=O) groups excluding carboxylic acids is 1. The number of ether oxygens (including phenoxy) is 1. The Morgan fingerprint density at radius 3 is 1.09 bits per heavy atom. The van der Waals surface area contributed by atoms with Gasteiger partial charge in [-0.05, 0) is 6.42 Å². The fraction of sp³-hybridized carbons (Fsp3) is 0.867. The van der Waals surface area contributed by atoms with Gasteiger partial charge in [-0.3, -0.25) is 0 Å². The SMILES string of the molecule is CCCCCCCCCCCCCCCCCCCCCCCCCCOC(=O)C=CC(=O)O. The van der Waals surface area contributed by atoms with Crippen molar-refractivity contribution < 1.29 is 19.4 Å². The van der Waals surface area contributed by atoms with Gasteiger partial charge in [-0.15, -0.1) is 0 Å². The van der Waals surface area contributed by atoms with E-state index in [0.29, 0.717) is 6.61 Å². The van der Waals surface area contributed by atoms with Crippen LogP contribution in [0.4, 0.5) is 0 Å². The highest BCUT2D eigenvalue weighted by Crippen LogP contribution is 2.15. The summed E-state index contributed by atoms with van der Waals surface area (Å²) in [5.41, 5.74) is 0. The molecule has 200 valence electrons. The molecule has 0 aromatic carbocycles. The standard InChI is InChI=1S/C30H56O4/c1-2-3-4-5-6-7-8-9-10-11-12-13-14-15-16-17-18-19-20-21-22-23-24-25-28-34-30(33)27-26-29(31)32/h26-27H,2-25,28H2,1H3,(H,31,32). The van der Waals surface area contributed by atoms with E-state index in [0.717, 1.165) is 25.0 Å². The van der Waals surface area contributed by atoms with Gasteiger partial charge in [0.15, 0.2) is 0 Å². The first kappa shape index (κ1) is 32.7. The Kier molecular flexibility index (Phi) is 26.8. The number of unbranched alkanes of at least 4 members (excludes halogenated alkanes) is 23. The number of aliphatic carboxylic acids is 1. The first-order valence-corrected chi connectivity index (χ1v) is 14.7. The molecule has 0 heterocycles. The largest absolute Gasteiger partial charge is 0.478 e. The van der Waals surface area contributed by atoms with Crippen molar-refractivity contribution in [3.63, 3.8) is 0 Å². The van der Waals surface area contributed by atoms with Crippen LogP contribution in [0, 0.1) is 0 Å². The highest BCUT2D eigenvalue weighted by atomic mass is 16.5. The number of hydrogen-bond donors (Lipinski definition) is 1. The Labute approximate surface area is 211 Å². The van der Waals surface area contributed by atoms with Gasteiger partial charge < -0.3 is 9.84 Å². The van der Waals surface area contributed by atoms with Crippen LogP contribution in [-0.4, -0.2) is 23.7 Å². The van der Waals surface area contributed by atoms with Gasteiger partial charge >= 0.3 is 11.9 Å². The normalized spacial score (nSPS) is 11.3. The number of carboxylic acid groups (broad SMARTS) is 1. The molecule has 0 aromatic heterocycles. The van der Waals surface area contributed by atoms with Gasteiger partial charge in [0.05, 0.1) is 6.61 Å². The van der Waals surface area contributed by atoms with E-state index < -0.39 is 11.9 Å². The van der Waals surface area contributed by atoms with Crippen LogP contribution in [-0.2, 0) is 14.3 Å². The molecule has 0 atom stereocenters. The molecule has 0 aliphatic rings. The minimum atomic E-state index is -1.13. The number of esters is 1. The van der Waals surface area contributed by atoms with Gasteiger partial charge in [0, 0.05) is 12.2 Å². The summed E-state index contributed by atoms with van der Waals surface area (Å²) in [5, 5.41) is 8.43. The van der Waals surface area contributed by atoms with E-state index in [4.69, 9.17) is 9.84 Å². The molecule has 0 saturated heterocycles. The van der Waals surface area contributed by atoms with Gasteiger partial charge in [0.2, 0.25) is 0 Å². The molecule has 0 spiro atoms. The summed E-state index contributed by atoms with van der Waals surface area (Å²) in [5.74, 6) is -1.71. The lowest BCUT2D eigenvalue weighted by Gasteiger charge is -2.04. The predicted molar refractivity (Wildman–Crippen MR) is 144 cm³/mol. The summed E-state index contributed by atoms with van der Waals surface area (Å²) < 4.78 is 4.95. The molecule has 0 saturated carbocycles. The molecule has 0 rings (SSSR count). The van der Waals surface area contributed by atoms with Crippen molar-refractivity contribution in [3.8, 4) is 0 Å². The van der Waals surface area contributed by atoms with Crippen LogP contribution in [0.15, 0.2) is 12.2 Å². The van der Waals surface area contributed by atoms with Crippen LogP contribution in [0.25, 0.3) is 0 Å². The van der Waals surface area contributed by atoms with E-state index >= 15 is 0 Å². The smallest absolute Gasteiger partial charge is 0.331 e. The maximum Gasteiger partial charge on any atom is 0.331 e. The Bertz CT molecular complexity index is 472. The van der Waals surface area contributed by atoms with E-state index in [2.05, 4.69) is 6.92 Å². The highest BCUT2D eigenvalue weighted by molar-refractivity contribution is 5.90. The van der Waals surface area contributed by atoms with Crippen LogP contribution in [0.1, 0.15) is 161 Å². The molecule has 34 heavy (non-hydrogen) atoms. The van der Waals surface area contributed by atoms with Gasteiger partial charge in [-0.1, -0.05) is 155 Å². The summed E-state index contributed by atoms with van der Waals surface area (Å²) in [6.07, 6.45) is 34.5. The van der Waals surface area contributed by atoms with Crippen molar-refractivity contribution >= 4 is 11.9 Å². The second-order valence-electron chi connectivity index (χ2n) is 9.97. The molecule has 0 radical (unpaired) electrons. The van der Waals surface area contributed by atoms with E-state index in [1.165, 1.54) is 141 Å². The molecule has 4 heteroatoms. The minimum Gasteiger partial charge on any atom is -0.478 e. The third-order valence-electron chi connectivity index (χ3n) is 6.60. The average molecular weight is 481 g/mol. The zero-order valence-corrected chi connectivity index (χ0v) is 22.5. The third-order valence-corrected chi connectivity index (χ3v) is 6.60. The Morgan fingerprint density at radius 1 is 0.500 bits per heavy atom. The zero-order valence-electron chi connectivity index (χ0n) is 22.5. The van der Waals surface area contributed by atoms with Gasteiger partial charge in [-0.2, -0.15) is 0 Å². The van der Waals surface area contributed by atoms with Crippen molar-refractivity contribution in [1.82, 2.24) is 0 Å². The summed E-state index contributed by atoms with van der Waals surface area (Å²) >= 11 is 0. The lowest BCUT2D eigenvalue weighted by atomic mass is 10.0. The van der Waals surface area contributed by atoms with Crippen molar-refractivity contribution in [1.29, 1.82) is 0 Å². The van der Waals surface area contributed by atoms with Crippen molar-refractivity contribution in [2.24, 2.45) is 0 Å². The summed E-state index contributed by atoms with van der Waals surface area (Å²) in [6.45, 7) is 2.66. The lowest BCUT2D eigenvalue weighted by Crippen LogP contribution is -2.03. The van der Waals surface area contributed by atoms with Crippen LogP contribution in [0.2, 0.25) is 0 Å². The molecule has 0 aliphatic heterocycles. The minimum absolute atomic E-state index is 0.377. The van der Waals surface area contributed by atoms with Gasteiger partial charge in [-0.25, -0.2) is 9.59 Å². The molecular formula is C30H56O4. The fourth-order valence-corrected chi connectivity index (χ4v) is 4.42. The Morgan fingerprint density at radius 2 is 0.794 bits per heavy atom. The number of carbonyl (C=O) groups is 2. The Balaban J connectivity index is 3.10. The average Bonchev–Trinajstić information content (AvgIpc) is 2.82. The van der Waals surface area contributed by atoms with Crippen molar-refractivity contribution in [2.45, 2.75) is 161 Å². The molecule has 1 N–H and O–H groups in total. The second kappa shape index (κ2) is 27.9. The second-order valence-corrected chi connectivity index (χ2v) is 9.97. The predicted octanol–water partition coefficient (Wildman–Crippen LogP) is 9.55. The van der Waals surface area contributed by atoms with Crippen LogP contribution in [0.5, 0.6) is 0 Å². The molecule has 0 bridgehead atoms. The van der Waals surface area contributed by atoms with E-state index in [9.17, 15) is 9.59 Å². The number of rotatable bonds is 27. The zero-order chi connectivity index (χ0) is 25.0. The van der Waals surface area contributed by atoms with E-state index in [-0.39, 0.29) is 0 Å². The maximum atomic E-state index is 11.2. The molecule has 0 amide bonds. The van der Waals surface area contributed by atoms with Gasteiger partial charge in [0.25, 0.3) is 0 Å². The first-order valence-electron chi connectivity index (χ1n) is 14.7. The summed E-state index contributed by atoms with van der Waals surface area (Å²) in [4.78, 5) is 21.5. The van der Waals surface area contributed by atoms with E-state index in [1.807, 2.05) is 0 Å². The number of carboxylic acids is 1. The van der Waals surface area contributed by atoms with Crippen molar-refractivity contribution in [2.75, 3.05) is 6.61 Å². The monoisotopic (exact) mass is 480 g/mol. The number of hydrogen-bond acceptors (Lipinski definition) is 3. The van der Waals surface area contributed by atoms with Crippen LogP contribution >= 0.6 is 0 Å². The highest BCUT2D eigenvalue weighted by Gasteiger charge is 1.99. The van der Waals surface area contributed by atoms with Gasteiger partial charge in [0.1, 0.15) is 0 Å². The summed E-state index contributed by atoms with van der Waals surface area (Å²) in [6, 6.07) is 0. The third kappa shape index (κ3) is 28.7. The molecule has 0 unspecified atom stereocenters. The van der Waals surface area contributed by atoms with Crippen molar-refractivity contribution in [3.05, 3.63) is 12.2 Å². The molecule has 4 nitrogen and oxygen atoms in total.